The van der Waals surface area contributed by atoms with Crippen LogP contribution in [0.5, 0.6) is 5.75 Å². The summed E-state index contributed by atoms with van der Waals surface area (Å²) in [6.07, 6.45) is -0.0167. The predicted molar refractivity (Wildman–Crippen MR) is 86.9 cm³/mol. The minimum Gasteiger partial charge on any atom is -0.453 e. The van der Waals surface area contributed by atoms with E-state index in [2.05, 4.69) is 9.26 Å². The first kappa shape index (κ1) is 20.2. The number of likely N-dealkylation sites (N-methyl/N-ethyl adjacent to an activating group) is 1. The number of phosphoric acid groups is 1. The predicted octanol–water partition coefficient (Wildman–Crippen LogP) is 2.40. The number of ketones is 1. The van der Waals surface area contributed by atoms with E-state index >= 15 is 0 Å². The molecule has 0 spiro atoms. The number of hydrogen-bond acceptors (Lipinski definition) is 6. The maximum absolute atomic E-state index is 12.1. The maximum Gasteiger partial charge on any atom is 0.527 e. The highest BCUT2D eigenvalue weighted by Gasteiger charge is 2.26. The lowest BCUT2D eigenvalue weighted by molar-refractivity contribution is -0.123. The summed E-state index contributed by atoms with van der Waals surface area (Å²) < 4.78 is 25.2. The van der Waals surface area contributed by atoms with Gasteiger partial charge < -0.3 is 14.2 Å². The summed E-state index contributed by atoms with van der Waals surface area (Å²) in [6, 6.07) is 5.61. The number of methoxy groups -OCH3 is 1. The molecule has 24 heavy (non-hydrogen) atoms. The molecule has 134 valence electrons. The molecular weight excluding hydrogens is 337 g/mol. The minimum atomic E-state index is -4.11. The van der Waals surface area contributed by atoms with Gasteiger partial charge in [0, 0.05) is 27.0 Å². The van der Waals surface area contributed by atoms with Crippen LogP contribution in [0.3, 0.4) is 0 Å². The van der Waals surface area contributed by atoms with Crippen molar-refractivity contribution in [2.24, 2.45) is 0 Å². The van der Waals surface area contributed by atoms with E-state index in [1.807, 2.05) is 0 Å². The minimum absolute atomic E-state index is 0.0949. The van der Waals surface area contributed by atoms with Gasteiger partial charge in [0.25, 0.3) is 0 Å². The molecule has 0 saturated carbocycles. The molecule has 1 unspecified atom stereocenters. The summed E-state index contributed by atoms with van der Waals surface area (Å²) in [6.45, 7) is 1.72. The molecule has 1 aromatic rings. The second kappa shape index (κ2) is 8.82. The summed E-state index contributed by atoms with van der Waals surface area (Å²) in [5.74, 6) is 0.0635. The van der Waals surface area contributed by atoms with Crippen LogP contribution in [0.1, 0.15) is 18.9 Å². The van der Waals surface area contributed by atoms with E-state index in [1.54, 1.807) is 19.1 Å². The Morgan fingerprint density at radius 2 is 1.83 bits per heavy atom. The molecule has 0 heterocycles. The zero-order valence-electron chi connectivity index (χ0n) is 14.1. The fourth-order valence-electron chi connectivity index (χ4n) is 2.05. The fourth-order valence-corrected chi connectivity index (χ4v) is 2.52. The molecule has 2 atom stereocenters. The van der Waals surface area contributed by atoms with Crippen LogP contribution in [0.4, 0.5) is 4.79 Å². The highest BCUT2D eigenvalue weighted by molar-refractivity contribution is 7.47. The average Bonchev–Trinajstić information content (AvgIpc) is 2.58. The van der Waals surface area contributed by atoms with Crippen molar-refractivity contribution >= 4 is 19.7 Å². The van der Waals surface area contributed by atoms with Crippen molar-refractivity contribution in [3.8, 4) is 5.75 Å². The van der Waals surface area contributed by atoms with E-state index in [0.717, 1.165) is 12.7 Å². The maximum atomic E-state index is 12.1. The molecule has 0 saturated heterocycles. The molecule has 1 amide bonds. The van der Waals surface area contributed by atoms with Gasteiger partial charge in [0.15, 0.2) is 5.78 Å². The van der Waals surface area contributed by atoms with Crippen LogP contribution in [0.25, 0.3) is 0 Å². The molecule has 1 N–H and O–H groups in total. The summed E-state index contributed by atoms with van der Waals surface area (Å²) in [5.41, 5.74) is 0.759. The van der Waals surface area contributed by atoms with Crippen molar-refractivity contribution in [2.75, 3.05) is 21.3 Å². The average molecular weight is 359 g/mol. The van der Waals surface area contributed by atoms with E-state index in [0.29, 0.717) is 6.42 Å². The number of Topliss-reactive ketones (excluding diaryl/α,β-unsaturated/α-hetero) is 1. The Morgan fingerprint density at radius 1 is 1.25 bits per heavy atom. The van der Waals surface area contributed by atoms with Crippen molar-refractivity contribution < 1.29 is 32.8 Å². The number of amides is 1. The first-order valence-corrected chi connectivity index (χ1v) is 8.74. The fraction of sp³-hybridized carbons (Fsp3) is 0.467. The number of nitrogens with zero attached hydrogens (tertiary/aromatic N) is 1. The molecule has 0 bridgehead atoms. The van der Waals surface area contributed by atoms with Gasteiger partial charge in [-0.15, -0.1) is 0 Å². The van der Waals surface area contributed by atoms with Crippen LogP contribution >= 0.6 is 7.82 Å². The zero-order chi connectivity index (χ0) is 18.3. The standard InChI is InChI=1S/C15H22NO7P/c1-5-14(17)13(16(2)15(18)21-3)10-11-6-8-12(9-7-11)23-24(19,20)22-4/h6-9,13H,5,10H2,1-4H3,(H,19,20)/t13-/m0/s1. The van der Waals surface area contributed by atoms with Crippen LogP contribution in [-0.2, 0) is 25.0 Å². The number of carbonyl (C=O) groups excluding carboxylic acids is 2. The number of rotatable bonds is 8. The number of hydrogen-bond donors (Lipinski definition) is 1. The van der Waals surface area contributed by atoms with E-state index in [9.17, 15) is 19.0 Å². The van der Waals surface area contributed by atoms with Gasteiger partial charge >= 0.3 is 13.9 Å². The van der Waals surface area contributed by atoms with E-state index in [4.69, 9.17) is 4.52 Å². The van der Waals surface area contributed by atoms with Crippen molar-refractivity contribution in [3.05, 3.63) is 29.8 Å². The van der Waals surface area contributed by atoms with Crippen molar-refractivity contribution in [1.82, 2.24) is 4.90 Å². The number of benzene rings is 1. The quantitative estimate of drug-likeness (QED) is 0.711. The molecule has 1 rings (SSSR count). The lowest BCUT2D eigenvalue weighted by atomic mass is 10.00. The van der Waals surface area contributed by atoms with Gasteiger partial charge in [-0.25, -0.2) is 9.36 Å². The Morgan fingerprint density at radius 3 is 2.29 bits per heavy atom. The third kappa shape index (κ3) is 5.63. The van der Waals surface area contributed by atoms with Crippen LogP contribution in [0.2, 0.25) is 0 Å². The second-order valence-electron chi connectivity index (χ2n) is 5.01. The van der Waals surface area contributed by atoms with E-state index in [-0.39, 0.29) is 18.0 Å². The van der Waals surface area contributed by atoms with Gasteiger partial charge in [0.1, 0.15) is 5.75 Å². The molecule has 0 aromatic heterocycles. The van der Waals surface area contributed by atoms with Gasteiger partial charge in [-0.2, -0.15) is 0 Å². The van der Waals surface area contributed by atoms with Crippen LogP contribution in [0.15, 0.2) is 24.3 Å². The van der Waals surface area contributed by atoms with Crippen molar-refractivity contribution in [1.29, 1.82) is 0 Å². The molecule has 0 aliphatic rings. The number of ether oxygens (including phenoxy) is 1. The van der Waals surface area contributed by atoms with E-state index in [1.165, 1.54) is 31.2 Å². The summed E-state index contributed by atoms with van der Waals surface area (Å²) in [5, 5.41) is 0. The lowest BCUT2D eigenvalue weighted by Crippen LogP contribution is -2.43. The molecule has 0 fully saturated rings. The first-order valence-electron chi connectivity index (χ1n) is 7.24. The first-order chi connectivity index (χ1) is 11.2. The molecule has 1 aromatic carbocycles. The van der Waals surface area contributed by atoms with Gasteiger partial charge in [-0.05, 0) is 17.7 Å². The van der Waals surface area contributed by atoms with Crippen LogP contribution < -0.4 is 4.52 Å². The Bertz CT molecular complexity index is 617. The van der Waals surface area contributed by atoms with Gasteiger partial charge in [-0.3, -0.25) is 14.2 Å². The van der Waals surface area contributed by atoms with Gasteiger partial charge in [0.05, 0.1) is 13.2 Å². The molecule has 0 radical (unpaired) electrons. The highest BCUT2D eigenvalue weighted by atomic mass is 31.2. The van der Waals surface area contributed by atoms with Gasteiger partial charge in [-0.1, -0.05) is 19.1 Å². The molecule has 0 aliphatic carbocycles. The summed E-state index contributed by atoms with van der Waals surface area (Å²) in [7, 11) is -0.293. The summed E-state index contributed by atoms with van der Waals surface area (Å²) >= 11 is 0. The largest absolute Gasteiger partial charge is 0.527 e. The topological polar surface area (TPSA) is 102 Å². The normalized spacial score (nSPS) is 14.4. The molecule has 8 nitrogen and oxygen atoms in total. The second-order valence-corrected chi connectivity index (χ2v) is 6.49. The Kier molecular flexibility index (Phi) is 7.41. The highest BCUT2D eigenvalue weighted by Crippen LogP contribution is 2.42. The van der Waals surface area contributed by atoms with E-state index < -0.39 is 20.0 Å². The molecule has 9 heteroatoms. The van der Waals surface area contributed by atoms with Crippen LogP contribution in [0, 0.1) is 0 Å². The van der Waals surface area contributed by atoms with Gasteiger partial charge in [0.2, 0.25) is 0 Å². The Hall–Kier alpha value is -1.89. The smallest absolute Gasteiger partial charge is 0.453 e. The number of carbonyl (C=O) groups is 2. The monoisotopic (exact) mass is 359 g/mol. The SMILES string of the molecule is CCC(=O)[C@H](Cc1ccc(OP(=O)(O)OC)cc1)N(C)C(=O)OC. The Labute approximate surface area is 140 Å². The third-order valence-corrected chi connectivity index (χ3v) is 4.36. The molecular formula is C15H22NO7P. The summed E-state index contributed by atoms with van der Waals surface area (Å²) in [4.78, 5) is 34.3. The zero-order valence-corrected chi connectivity index (χ0v) is 15.0. The van der Waals surface area contributed by atoms with Crippen molar-refractivity contribution in [3.63, 3.8) is 0 Å². The third-order valence-electron chi connectivity index (χ3n) is 3.45. The Balaban J connectivity index is 2.89. The van der Waals surface area contributed by atoms with Crippen LogP contribution in [-0.4, -0.2) is 49.0 Å². The lowest BCUT2D eigenvalue weighted by Gasteiger charge is -2.25. The molecule has 0 aliphatic heterocycles. The van der Waals surface area contributed by atoms with Crippen molar-refractivity contribution in [2.45, 2.75) is 25.8 Å². The number of phosphoric ester groups is 1.